The number of aliphatic hydroxyl groups is 1. The van der Waals surface area contributed by atoms with Crippen molar-refractivity contribution in [3.8, 4) is 17.7 Å². The number of aliphatic hydroxyl groups excluding tert-OH is 1. The summed E-state index contributed by atoms with van der Waals surface area (Å²) in [5.74, 6) is 1.18. The van der Waals surface area contributed by atoms with Crippen LogP contribution >= 0.6 is 0 Å². The third-order valence-electron chi connectivity index (χ3n) is 3.38. The van der Waals surface area contributed by atoms with Crippen LogP contribution in [0.25, 0.3) is 0 Å². The monoisotopic (exact) mass is 309 g/mol. The molecule has 0 saturated heterocycles. The Bertz CT molecular complexity index is 759. The molecule has 116 valence electrons. The molecule has 2 aromatic rings. The molecule has 0 atom stereocenters. The van der Waals surface area contributed by atoms with Gasteiger partial charge in [0.2, 0.25) is 5.88 Å². The fourth-order valence-corrected chi connectivity index (χ4v) is 1.99. The van der Waals surface area contributed by atoms with Gasteiger partial charge in [0, 0.05) is 19.2 Å². The van der Waals surface area contributed by atoms with Gasteiger partial charge in [-0.1, -0.05) is 11.5 Å². The van der Waals surface area contributed by atoms with Crippen LogP contribution in [-0.2, 0) is 0 Å². The summed E-state index contributed by atoms with van der Waals surface area (Å²) in [7, 11) is 3.61. The lowest BCUT2D eigenvalue weighted by Gasteiger charge is -2.18. The van der Waals surface area contributed by atoms with Crippen LogP contribution in [0.15, 0.2) is 30.3 Å². The second kappa shape index (κ2) is 7.43. The smallest absolute Gasteiger partial charge is 0.239 e. The highest BCUT2D eigenvalue weighted by Crippen LogP contribution is 2.25. The SMILES string of the molecule is Bc1ccc(Oc2nc(N(C)CCO)ccc2C#N)cc1C=O. The maximum atomic E-state index is 11.0. The van der Waals surface area contributed by atoms with Crippen molar-refractivity contribution in [1.82, 2.24) is 4.98 Å². The van der Waals surface area contributed by atoms with Gasteiger partial charge in [-0.3, -0.25) is 4.79 Å². The van der Waals surface area contributed by atoms with Crippen LogP contribution in [0, 0.1) is 11.3 Å². The molecule has 0 saturated carbocycles. The molecule has 0 aliphatic heterocycles. The molecule has 1 heterocycles. The molecule has 0 aliphatic rings. The Morgan fingerprint density at radius 3 is 2.87 bits per heavy atom. The summed E-state index contributed by atoms with van der Waals surface area (Å²) in [6.45, 7) is 0.410. The first-order chi connectivity index (χ1) is 11.1. The maximum Gasteiger partial charge on any atom is 0.239 e. The molecular formula is C16H16BN3O3. The van der Waals surface area contributed by atoms with Gasteiger partial charge >= 0.3 is 0 Å². The van der Waals surface area contributed by atoms with Gasteiger partial charge in [-0.05, 0) is 24.3 Å². The van der Waals surface area contributed by atoms with Crippen molar-refractivity contribution in [2.75, 3.05) is 25.1 Å². The van der Waals surface area contributed by atoms with Crippen molar-refractivity contribution in [3.05, 3.63) is 41.5 Å². The summed E-state index contributed by atoms with van der Waals surface area (Å²) in [5.41, 5.74) is 1.66. The Hall–Kier alpha value is -2.85. The highest BCUT2D eigenvalue weighted by Gasteiger charge is 2.11. The van der Waals surface area contributed by atoms with E-state index in [4.69, 9.17) is 9.84 Å². The normalized spacial score (nSPS) is 9.96. The lowest BCUT2D eigenvalue weighted by atomic mass is 9.91. The van der Waals surface area contributed by atoms with Gasteiger partial charge in [-0.25, -0.2) is 0 Å². The minimum absolute atomic E-state index is 0.00493. The molecule has 0 amide bonds. The van der Waals surface area contributed by atoms with Crippen LogP contribution < -0.4 is 15.1 Å². The van der Waals surface area contributed by atoms with Crippen LogP contribution in [0.2, 0.25) is 0 Å². The summed E-state index contributed by atoms with van der Waals surface area (Å²) in [6, 6.07) is 10.4. The van der Waals surface area contributed by atoms with Crippen LogP contribution in [0.4, 0.5) is 5.82 Å². The second-order valence-corrected chi connectivity index (χ2v) is 5.02. The van der Waals surface area contributed by atoms with E-state index in [-0.39, 0.29) is 12.5 Å². The van der Waals surface area contributed by atoms with E-state index in [2.05, 4.69) is 4.98 Å². The average Bonchev–Trinajstić information content (AvgIpc) is 2.56. The molecule has 0 spiro atoms. The van der Waals surface area contributed by atoms with E-state index in [1.54, 1.807) is 42.3 Å². The van der Waals surface area contributed by atoms with Crippen LogP contribution in [-0.4, -0.2) is 44.4 Å². The number of nitriles is 1. The number of likely N-dealkylation sites (N-methyl/N-ethyl adjacent to an activating group) is 1. The Morgan fingerprint density at radius 1 is 1.43 bits per heavy atom. The predicted molar refractivity (Wildman–Crippen MR) is 89.4 cm³/mol. The van der Waals surface area contributed by atoms with E-state index in [1.165, 1.54) is 0 Å². The number of aromatic nitrogens is 1. The van der Waals surface area contributed by atoms with Crippen molar-refractivity contribution in [2.45, 2.75) is 0 Å². The summed E-state index contributed by atoms with van der Waals surface area (Å²) >= 11 is 0. The quantitative estimate of drug-likeness (QED) is 0.608. The highest BCUT2D eigenvalue weighted by molar-refractivity contribution is 6.35. The van der Waals surface area contributed by atoms with Crippen LogP contribution in [0.1, 0.15) is 15.9 Å². The lowest BCUT2D eigenvalue weighted by Crippen LogP contribution is -2.22. The molecule has 1 N–H and O–H groups in total. The number of hydrogen-bond donors (Lipinski definition) is 1. The third kappa shape index (κ3) is 3.87. The molecule has 0 bridgehead atoms. The first kappa shape index (κ1) is 16.5. The minimum atomic E-state index is -0.00493. The summed E-state index contributed by atoms with van der Waals surface area (Å²) in [4.78, 5) is 17.1. The van der Waals surface area contributed by atoms with Crippen LogP contribution in [0.3, 0.4) is 0 Å². The maximum absolute atomic E-state index is 11.0. The Morgan fingerprint density at radius 2 is 2.22 bits per heavy atom. The molecule has 23 heavy (non-hydrogen) atoms. The van der Waals surface area contributed by atoms with Gasteiger partial charge in [-0.15, -0.1) is 0 Å². The summed E-state index contributed by atoms with van der Waals surface area (Å²) in [5, 5.41) is 18.2. The number of ether oxygens (including phenoxy) is 1. The van der Waals surface area contributed by atoms with Gasteiger partial charge in [0.05, 0.1) is 6.61 Å². The first-order valence-corrected chi connectivity index (χ1v) is 7.06. The fraction of sp³-hybridized carbons (Fsp3) is 0.188. The van der Waals surface area contributed by atoms with Crippen molar-refractivity contribution in [1.29, 1.82) is 5.26 Å². The third-order valence-corrected chi connectivity index (χ3v) is 3.38. The number of aldehydes is 1. The van der Waals surface area contributed by atoms with Crippen molar-refractivity contribution in [2.24, 2.45) is 0 Å². The van der Waals surface area contributed by atoms with Gasteiger partial charge in [0.1, 0.15) is 37.3 Å². The molecule has 0 fully saturated rings. The number of anilines is 1. The standard InChI is InChI=1S/C16H16BN3O3/c1-20(6-7-21)15-5-2-11(9-18)16(19-15)23-13-3-4-14(17)12(8-13)10-22/h2-5,8,10,21H,6-7,17H2,1H3. The van der Waals surface area contributed by atoms with E-state index in [1.807, 2.05) is 13.9 Å². The molecule has 6 nitrogen and oxygen atoms in total. The molecule has 0 unspecified atom stereocenters. The topological polar surface area (TPSA) is 86.4 Å². The second-order valence-electron chi connectivity index (χ2n) is 5.02. The number of rotatable bonds is 6. The molecule has 7 heteroatoms. The van der Waals surface area contributed by atoms with Gasteiger partial charge in [0.15, 0.2) is 0 Å². The number of carbonyl (C=O) groups is 1. The molecule has 1 aromatic carbocycles. The Kier molecular flexibility index (Phi) is 5.34. The van der Waals surface area contributed by atoms with E-state index >= 15 is 0 Å². The predicted octanol–water partition coefficient (Wildman–Crippen LogP) is 0.245. The zero-order chi connectivity index (χ0) is 16.8. The molecule has 1 aromatic heterocycles. The number of pyridine rings is 1. The zero-order valence-corrected chi connectivity index (χ0v) is 13.0. The van der Waals surface area contributed by atoms with E-state index in [0.717, 1.165) is 11.7 Å². The van der Waals surface area contributed by atoms with Crippen molar-refractivity contribution in [3.63, 3.8) is 0 Å². The number of nitrogens with zero attached hydrogens (tertiary/aromatic N) is 3. The zero-order valence-electron chi connectivity index (χ0n) is 13.0. The molecule has 0 aliphatic carbocycles. The average molecular weight is 309 g/mol. The highest BCUT2D eigenvalue weighted by atomic mass is 16.5. The molecular weight excluding hydrogens is 293 g/mol. The van der Waals surface area contributed by atoms with Crippen LogP contribution in [0.5, 0.6) is 11.6 Å². The van der Waals surface area contributed by atoms with Crippen molar-refractivity contribution >= 4 is 25.4 Å². The van der Waals surface area contributed by atoms with Gasteiger partial charge < -0.3 is 14.7 Å². The Balaban J connectivity index is 2.36. The number of carbonyl (C=O) groups excluding carboxylic acids is 1. The fourth-order valence-electron chi connectivity index (χ4n) is 1.99. The lowest BCUT2D eigenvalue weighted by molar-refractivity contribution is 0.112. The summed E-state index contributed by atoms with van der Waals surface area (Å²) < 4.78 is 5.69. The Labute approximate surface area is 135 Å². The van der Waals surface area contributed by atoms with E-state index < -0.39 is 0 Å². The van der Waals surface area contributed by atoms with Crippen molar-refractivity contribution < 1.29 is 14.6 Å². The number of hydrogen-bond acceptors (Lipinski definition) is 6. The van der Waals surface area contributed by atoms with Gasteiger partial charge in [-0.2, -0.15) is 10.2 Å². The largest absolute Gasteiger partial charge is 0.438 e. The minimum Gasteiger partial charge on any atom is -0.438 e. The molecule has 0 radical (unpaired) electrons. The van der Waals surface area contributed by atoms with Gasteiger partial charge in [0.25, 0.3) is 0 Å². The van der Waals surface area contributed by atoms with E-state index in [9.17, 15) is 10.1 Å². The van der Waals surface area contributed by atoms with E-state index in [0.29, 0.717) is 29.2 Å². The number of benzene rings is 1. The first-order valence-electron chi connectivity index (χ1n) is 7.06. The summed E-state index contributed by atoms with van der Waals surface area (Å²) in [6.07, 6.45) is 0.756. The molecule has 2 rings (SSSR count).